The van der Waals surface area contributed by atoms with Crippen LogP contribution in [0.3, 0.4) is 0 Å². The smallest absolute Gasteiger partial charge is 0.263 e. The van der Waals surface area contributed by atoms with Crippen molar-refractivity contribution >= 4 is 28.1 Å². The summed E-state index contributed by atoms with van der Waals surface area (Å²) in [5, 5.41) is 3.88. The second-order valence-electron chi connectivity index (χ2n) is 7.60. The molecule has 0 spiro atoms. The number of benzene rings is 1. The quantitative estimate of drug-likeness (QED) is 0.720. The molecule has 0 aliphatic carbocycles. The fourth-order valence-electron chi connectivity index (χ4n) is 3.62. The van der Waals surface area contributed by atoms with E-state index in [9.17, 15) is 4.79 Å². The van der Waals surface area contributed by atoms with Gasteiger partial charge in [0.25, 0.3) is 5.91 Å². The number of anilines is 2. The number of rotatable bonds is 2. The van der Waals surface area contributed by atoms with Gasteiger partial charge in [0.05, 0.1) is 17.9 Å². The maximum Gasteiger partial charge on any atom is 0.263 e. The highest BCUT2D eigenvalue weighted by Crippen LogP contribution is 2.42. The Hall–Kier alpha value is -3.00. The van der Waals surface area contributed by atoms with E-state index in [0.717, 1.165) is 39.8 Å². The number of thiazole rings is 1. The Bertz CT molecular complexity index is 1060. The van der Waals surface area contributed by atoms with Gasteiger partial charge in [-0.15, -0.1) is 0 Å². The number of carbonyl (C=O) groups is 1. The van der Waals surface area contributed by atoms with Gasteiger partial charge in [-0.3, -0.25) is 4.79 Å². The van der Waals surface area contributed by atoms with Gasteiger partial charge >= 0.3 is 0 Å². The van der Waals surface area contributed by atoms with Crippen molar-refractivity contribution in [3.05, 3.63) is 47.5 Å². The monoisotopic (exact) mass is 393 g/mol. The van der Waals surface area contributed by atoms with Crippen molar-refractivity contribution in [3.63, 3.8) is 0 Å². The molecule has 1 amide bonds. The van der Waals surface area contributed by atoms with E-state index in [1.54, 1.807) is 12.4 Å². The first-order chi connectivity index (χ1) is 13.5. The number of carbonyl (C=O) groups excluding carboxylic acids is 1. The third-order valence-corrected chi connectivity index (χ3v) is 6.02. The topological polar surface area (TPSA) is 80.2 Å². The Balaban J connectivity index is 1.56. The molecule has 8 heteroatoms. The summed E-state index contributed by atoms with van der Waals surface area (Å²) < 4.78 is 5.85. The first-order valence-electron chi connectivity index (χ1n) is 9.12. The van der Waals surface area contributed by atoms with Crippen LogP contribution in [0.25, 0.3) is 11.1 Å². The summed E-state index contributed by atoms with van der Waals surface area (Å²) in [6.45, 7) is 5.29. The summed E-state index contributed by atoms with van der Waals surface area (Å²) in [5.41, 5.74) is 3.48. The van der Waals surface area contributed by atoms with Crippen LogP contribution in [0.5, 0.6) is 5.75 Å². The number of amides is 1. The van der Waals surface area contributed by atoms with Crippen molar-refractivity contribution in [2.24, 2.45) is 0 Å². The zero-order valence-corrected chi connectivity index (χ0v) is 16.4. The van der Waals surface area contributed by atoms with Gasteiger partial charge in [0.1, 0.15) is 23.6 Å². The number of ether oxygens (including phenoxy) is 1. The molecule has 28 heavy (non-hydrogen) atoms. The lowest BCUT2D eigenvalue weighted by molar-refractivity contribution is 0.0901. The number of hydrogen-bond donors (Lipinski definition) is 1. The van der Waals surface area contributed by atoms with Crippen molar-refractivity contribution in [1.29, 1.82) is 0 Å². The van der Waals surface area contributed by atoms with E-state index in [1.807, 2.05) is 26.0 Å². The van der Waals surface area contributed by atoms with E-state index in [4.69, 9.17) is 9.72 Å². The molecule has 0 unspecified atom stereocenters. The van der Waals surface area contributed by atoms with Crippen LogP contribution < -0.4 is 15.0 Å². The van der Waals surface area contributed by atoms with Crippen molar-refractivity contribution in [2.75, 3.05) is 18.1 Å². The average molecular weight is 393 g/mol. The number of hydrogen-bond acceptors (Lipinski definition) is 7. The molecule has 3 aromatic rings. The lowest BCUT2D eigenvalue weighted by Crippen LogP contribution is -2.48. The molecule has 5 rings (SSSR count). The first kappa shape index (κ1) is 17.1. The van der Waals surface area contributed by atoms with E-state index in [0.29, 0.717) is 18.0 Å². The number of nitrogens with zero attached hydrogens (tertiary/aromatic N) is 4. The normalized spacial score (nSPS) is 17.4. The molecule has 0 saturated heterocycles. The second kappa shape index (κ2) is 6.27. The Morgan fingerprint density at radius 3 is 2.86 bits per heavy atom. The molecule has 0 fully saturated rings. The zero-order chi connectivity index (χ0) is 19.3. The third-order valence-electron chi connectivity index (χ3n) is 4.90. The van der Waals surface area contributed by atoms with Gasteiger partial charge in [0, 0.05) is 29.9 Å². The van der Waals surface area contributed by atoms with Gasteiger partial charge < -0.3 is 15.0 Å². The summed E-state index contributed by atoms with van der Waals surface area (Å²) in [5.74, 6) is 0.767. The number of nitrogens with one attached hydrogen (secondary N) is 1. The Morgan fingerprint density at radius 1 is 1.21 bits per heavy atom. The van der Waals surface area contributed by atoms with Crippen LogP contribution >= 0.6 is 11.3 Å². The summed E-state index contributed by atoms with van der Waals surface area (Å²) >= 11 is 1.44. The lowest BCUT2D eigenvalue weighted by atomic mass is 9.94. The molecular formula is C20H19N5O2S. The molecule has 0 saturated carbocycles. The Labute approximate surface area is 166 Å². The van der Waals surface area contributed by atoms with Crippen LogP contribution in [0.1, 0.15) is 29.2 Å². The highest BCUT2D eigenvalue weighted by atomic mass is 32.1. The van der Waals surface area contributed by atoms with Crippen LogP contribution in [0, 0.1) is 0 Å². The summed E-state index contributed by atoms with van der Waals surface area (Å²) in [7, 11) is 0. The third kappa shape index (κ3) is 2.90. The average Bonchev–Trinajstić information content (AvgIpc) is 3.10. The summed E-state index contributed by atoms with van der Waals surface area (Å²) in [6.07, 6.45) is 5.82. The van der Waals surface area contributed by atoms with Gasteiger partial charge in [-0.05, 0) is 31.5 Å². The largest absolute Gasteiger partial charge is 0.490 e. The SMILES string of the molecule is CC1(C)Cc2nc(N3CCOc4ccc(-c5cncnc5)cc43)sc2C(=O)N1. The maximum atomic E-state index is 12.5. The van der Waals surface area contributed by atoms with Crippen molar-refractivity contribution in [3.8, 4) is 16.9 Å². The van der Waals surface area contributed by atoms with E-state index < -0.39 is 0 Å². The lowest BCUT2D eigenvalue weighted by Gasteiger charge is -2.29. The molecule has 1 N–H and O–H groups in total. The highest BCUT2D eigenvalue weighted by Gasteiger charge is 2.34. The van der Waals surface area contributed by atoms with Crippen molar-refractivity contribution in [1.82, 2.24) is 20.3 Å². The van der Waals surface area contributed by atoms with E-state index in [1.165, 1.54) is 17.7 Å². The first-order valence-corrected chi connectivity index (χ1v) is 9.94. The summed E-state index contributed by atoms with van der Waals surface area (Å²) in [6, 6.07) is 6.04. The molecule has 2 aromatic heterocycles. The summed E-state index contributed by atoms with van der Waals surface area (Å²) in [4.78, 5) is 28.4. The van der Waals surface area contributed by atoms with Gasteiger partial charge in [0.15, 0.2) is 5.13 Å². The standard InChI is InChI=1S/C20H19N5O2S/c1-20(2)8-14-17(18(26)24-20)28-19(23-14)25-5-6-27-16-4-3-12(7-15(16)25)13-9-21-11-22-10-13/h3-4,7,9-11H,5-6,8H2,1-2H3,(H,24,26). The molecule has 1 aromatic carbocycles. The fourth-order valence-corrected chi connectivity index (χ4v) is 4.64. The van der Waals surface area contributed by atoms with Gasteiger partial charge in [-0.25, -0.2) is 15.0 Å². The van der Waals surface area contributed by atoms with Crippen LogP contribution in [0.2, 0.25) is 0 Å². The van der Waals surface area contributed by atoms with Gasteiger partial charge in [0.2, 0.25) is 0 Å². The minimum atomic E-state index is -0.279. The van der Waals surface area contributed by atoms with E-state index in [-0.39, 0.29) is 11.4 Å². The molecule has 7 nitrogen and oxygen atoms in total. The van der Waals surface area contributed by atoms with Crippen LogP contribution in [-0.4, -0.2) is 39.5 Å². The van der Waals surface area contributed by atoms with Gasteiger partial charge in [-0.2, -0.15) is 0 Å². The second-order valence-corrected chi connectivity index (χ2v) is 8.57. The molecule has 0 atom stereocenters. The zero-order valence-electron chi connectivity index (χ0n) is 15.6. The Morgan fingerprint density at radius 2 is 2.04 bits per heavy atom. The molecule has 4 heterocycles. The van der Waals surface area contributed by atoms with Crippen LogP contribution in [0.15, 0.2) is 36.9 Å². The van der Waals surface area contributed by atoms with E-state index in [2.05, 4.69) is 26.3 Å². The van der Waals surface area contributed by atoms with Crippen molar-refractivity contribution < 1.29 is 9.53 Å². The molecular weight excluding hydrogens is 374 g/mol. The van der Waals surface area contributed by atoms with Gasteiger partial charge in [-0.1, -0.05) is 17.4 Å². The molecule has 0 bridgehead atoms. The minimum Gasteiger partial charge on any atom is -0.490 e. The number of aromatic nitrogens is 3. The van der Waals surface area contributed by atoms with E-state index >= 15 is 0 Å². The predicted molar refractivity (Wildman–Crippen MR) is 107 cm³/mol. The number of fused-ring (bicyclic) bond motifs is 2. The minimum absolute atomic E-state index is 0.0429. The van der Waals surface area contributed by atoms with Crippen LogP contribution in [-0.2, 0) is 6.42 Å². The van der Waals surface area contributed by atoms with Crippen molar-refractivity contribution in [2.45, 2.75) is 25.8 Å². The molecule has 2 aliphatic heterocycles. The fraction of sp³-hybridized carbons (Fsp3) is 0.300. The molecule has 142 valence electrons. The Kier molecular flexibility index (Phi) is 3.83. The molecule has 2 aliphatic rings. The predicted octanol–water partition coefficient (Wildman–Crippen LogP) is 3.20. The highest BCUT2D eigenvalue weighted by molar-refractivity contribution is 7.17. The van der Waals surface area contributed by atoms with Crippen LogP contribution in [0.4, 0.5) is 10.8 Å². The maximum absolute atomic E-state index is 12.5. The molecule has 0 radical (unpaired) electrons.